The molecule has 5 heteroatoms. The number of aromatic nitrogens is 2. The third-order valence-electron chi connectivity index (χ3n) is 2.77. The highest BCUT2D eigenvalue weighted by molar-refractivity contribution is 5.97. The number of amides is 1. The number of benzene rings is 1. The number of nitriles is 1. The van der Waals surface area contributed by atoms with Gasteiger partial charge in [-0.2, -0.15) is 5.26 Å². The number of nitrogens with zero attached hydrogens (tertiary/aromatic N) is 3. The minimum atomic E-state index is -0.449. The summed E-state index contributed by atoms with van der Waals surface area (Å²) < 4.78 is 0. The Hall–Kier alpha value is -2.48. The third-order valence-corrected chi connectivity index (χ3v) is 2.77. The Morgan fingerprint density at radius 1 is 1.37 bits per heavy atom. The van der Waals surface area contributed by atoms with E-state index in [1.54, 1.807) is 30.6 Å². The molecule has 0 fully saturated rings. The number of rotatable bonds is 4. The molecule has 1 N–H and O–H groups in total. The molecule has 0 aliphatic heterocycles. The third kappa shape index (κ3) is 3.05. The van der Waals surface area contributed by atoms with Crippen molar-refractivity contribution in [3.05, 3.63) is 36.2 Å². The van der Waals surface area contributed by atoms with Gasteiger partial charge in [0.2, 0.25) is 0 Å². The standard InChI is InChI=1S/C14H14N4O/c1-2-3-11(9-15)18-14(19)10-4-5-12-13(8-10)17-7-6-16-12/h4-8,11H,2-3H2,1H3,(H,18,19). The molecule has 0 saturated heterocycles. The number of fused-ring (bicyclic) bond motifs is 1. The van der Waals surface area contributed by atoms with E-state index in [-0.39, 0.29) is 5.91 Å². The summed E-state index contributed by atoms with van der Waals surface area (Å²) in [4.78, 5) is 20.3. The summed E-state index contributed by atoms with van der Waals surface area (Å²) in [7, 11) is 0. The van der Waals surface area contributed by atoms with E-state index in [9.17, 15) is 4.79 Å². The molecule has 0 aliphatic carbocycles. The molecule has 1 aromatic carbocycles. The predicted octanol–water partition coefficient (Wildman–Crippen LogP) is 2.05. The molecule has 96 valence electrons. The van der Waals surface area contributed by atoms with Crippen molar-refractivity contribution in [3.8, 4) is 6.07 Å². The van der Waals surface area contributed by atoms with Crippen LogP contribution in [0.1, 0.15) is 30.1 Å². The molecule has 1 unspecified atom stereocenters. The molecule has 1 amide bonds. The van der Waals surface area contributed by atoms with Gasteiger partial charge in [-0.3, -0.25) is 14.8 Å². The lowest BCUT2D eigenvalue weighted by atomic mass is 10.1. The smallest absolute Gasteiger partial charge is 0.252 e. The zero-order valence-corrected chi connectivity index (χ0v) is 10.6. The van der Waals surface area contributed by atoms with E-state index in [1.165, 1.54) is 0 Å². The second kappa shape index (κ2) is 5.91. The zero-order valence-electron chi connectivity index (χ0n) is 10.6. The summed E-state index contributed by atoms with van der Waals surface area (Å²) in [6.07, 6.45) is 4.69. The van der Waals surface area contributed by atoms with Gasteiger partial charge in [0.15, 0.2) is 0 Å². The van der Waals surface area contributed by atoms with Crippen molar-refractivity contribution >= 4 is 16.9 Å². The van der Waals surface area contributed by atoms with Gasteiger partial charge in [-0.25, -0.2) is 0 Å². The van der Waals surface area contributed by atoms with Crippen molar-refractivity contribution in [2.45, 2.75) is 25.8 Å². The maximum absolute atomic E-state index is 12.0. The summed E-state index contributed by atoms with van der Waals surface area (Å²) in [5.41, 5.74) is 1.90. The molecule has 1 heterocycles. The average molecular weight is 254 g/mol. The number of nitrogens with one attached hydrogen (secondary N) is 1. The zero-order chi connectivity index (χ0) is 13.7. The molecule has 0 radical (unpaired) electrons. The summed E-state index contributed by atoms with van der Waals surface area (Å²) in [6, 6.07) is 6.75. The van der Waals surface area contributed by atoms with Gasteiger partial charge < -0.3 is 5.32 Å². The largest absolute Gasteiger partial charge is 0.336 e. The molecule has 5 nitrogen and oxygen atoms in total. The maximum atomic E-state index is 12.0. The van der Waals surface area contributed by atoms with Crippen LogP contribution in [0.25, 0.3) is 11.0 Å². The van der Waals surface area contributed by atoms with Gasteiger partial charge in [-0.1, -0.05) is 13.3 Å². The topological polar surface area (TPSA) is 78.7 Å². The Balaban J connectivity index is 2.19. The lowest BCUT2D eigenvalue weighted by Crippen LogP contribution is -2.33. The van der Waals surface area contributed by atoms with Crippen LogP contribution in [0.3, 0.4) is 0 Å². The van der Waals surface area contributed by atoms with Crippen molar-refractivity contribution in [1.82, 2.24) is 15.3 Å². The van der Waals surface area contributed by atoms with Crippen LogP contribution in [0.2, 0.25) is 0 Å². The van der Waals surface area contributed by atoms with Crippen LogP contribution in [-0.4, -0.2) is 21.9 Å². The van der Waals surface area contributed by atoms with Gasteiger partial charge in [0, 0.05) is 18.0 Å². The molecule has 2 aromatic rings. The van der Waals surface area contributed by atoms with Gasteiger partial charge in [0.25, 0.3) is 5.91 Å². The summed E-state index contributed by atoms with van der Waals surface area (Å²) in [5, 5.41) is 11.6. The van der Waals surface area contributed by atoms with Crippen molar-refractivity contribution in [2.75, 3.05) is 0 Å². The first-order valence-corrected chi connectivity index (χ1v) is 6.16. The van der Waals surface area contributed by atoms with Crippen LogP contribution in [0.4, 0.5) is 0 Å². The van der Waals surface area contributed by atoms with Crippen molar-refractivity contribution < 1.29 is 4.79 Å². The van der Waals surface area contributed by atoms with Crippen molar-refractivity contribution in [3.63, 3.8) is 0 Å². The molecule has 19 heavy (non-hydrogen) atoms. The highest BCUT2D eigenvalue weighted by atomic mass is 16.1. The fraction of sp³-hybridized carbons (Fsp3) is 0.286. The maximum Gasteiger partial charge on any atom is 0.252 e. The van der Waals surface area contributed by atoms with E-state index >= 15 is 0 Å². The van der Waals surface area contributed by atoms with Crippen LogP contribution >= 0.6 is 0 Å². The first-order valence-electron chi connectivity index (χ1n) is 6.16. The molecule has 1 aromatic heterocycles. The monoisotopic (exact) mass is 254 g/mol. The Bertz CT molecular complexity index is 633. The predicted molar refractivity (Wildman–Crippen MR) is 71.3 cm³/mol. The van der Waals surface area contributed by atoms with E-state index in [2.05, 4.69) is 21.4 Å². The van der Waals surface area contributed by atoms with Crippen LogP contribution in [0, 0.1) is 11.3 Å². The molecule has 2 rings (SSSR count). The van der Waals surface area contributed by atoms with E-state index in [0.29, 0.717) is 17.5 Å². The van der Waals surface area contributed by atoms with E-state index in [1.807, 2.05) is 6.92 Å². The van der Waals surface area contributed by atoms with Crippen LogP contribution in [0.15, 0.2) is 30.6 Å². The normalized spacial score (nSPS) is 11.8. The molecule has 0 spiro atoms. The fourth-order valence-electron chi connectivity index (χ4n) is 1.80. The SMILES string of the molecule is CCCC(C#N)NC(=O)c1ccc2nccnc2c1. The van der Waals surface area contributed by atoms with Gasteiger partial charge in [-0.15, -0.1) is 0 Å². The Morgan fingerprint density at radius 3 is 2.79 bits per heavy atom. The quantitative estimate of drug-likeness (QED) is 0.905. The second-order valence-corrected chi connectivity index (χ2v) is 4.20. The van der Waals surface area contributed by atoms with Gasteiger partial charge in [0.1, 0.15) is 6.04 Å². The van der Waals surface area contributed by atoms with Crippen LogP contribution < -0.4 is 5.32 Å². The number of carbonyl (C=O) groups excluding carboxylic acids is 1. The van der Waals surface area contributed by atoms with Gasteiger partial charge >= 0.3 is 0 Å². The summed E-state index contributed by atoms with van der Waals surface area (Å²) in [6.45, 7) is 1.97. The summed E-state index contributed by atoms with van der Waals surface area (Å²) >= 11 is 0. The molecular weight excluding hydrogens is 240 g/mol. The number of hydrogen-bond donors (Lipinski definition) is 1. The van der Waals surface area contributed by atoms with E-state index in [4.69, 9.17) is 5.26 Å². The minimum absolute atomic E-state index is 0.257. The molecule has 0 bridgehead atoms. The Kier molecular flexibility index (Phi) is 4.04. The number of carbonyl (C=O) groups is 1. The van der Waals surface area contributed by atoms with Crippen LogP contribution in [0.5, 0.6) is 0 Å². The van der Waals surface area contributed by atoms with Gasteiger partial charge in [-0.05, 0) is 24.6 Å². The number of hydrogen-bond acceptors (Lipinski definition) is 4. The molecular formula is C14H14N4O. The highest BCUT2D eigenvalue weighted by Crippen LogP contribution is 2.11. The lowest BCUT2D eigenvalue weighted by molar-refractivity contribution is 0.0944. The average Bonchev–Trinajstić information content (AvgIpc) is 2.46. The molecule has 0 saturated carbocycles. The van der Waals surface area contributed by atoms with Crippen LogP contribution in [-0.2, 0) is 0 Å². The highest BCUT2D eigenvalue weighted by Gasteiger charge is 2.12. The minimum Gasteiger partial charge on any atom is -0.336 e. The van der Waals surface area contributed by atoms with E-state index in [0.717, 1.165) is 11.9 Å². The Morgan fingerprint density at radius 2 is 2.11 bits per heavy atom. The first-order chi connectivity index (χ1) is 9.24. The fourth-order valence-corrected chi connectivity index (χ4v) is 1.80. The van der Waals surface area contributed by atoms with Gasteiger partial charge in [0.05, 0.1) is 17.1 Å². The second-order valence-electron chi connectivity index (χ2n) is 4.20. The van der Waals surface area contributed by atoms with Crippen molar-refractivity contribution in [1.29, 1.82) is 5.26 Å². The lowest BCUT2D eigenvalue weighted by Gasteiger charge is -2.10. The van der Waals surface area contributed by atoms with E-state index < -0.39 is 6.04 Å². The Labute approximate surface area is 111 Å². The van der Waals surface area contributed by atoms with Crippen molar-refractivity contribution in [2.24, 2.45) is 0 Å². The first kappa shape index (κ1) is 13.0. The summed E-state index contributed by atoms with van der Waals surface area (Å²) in [5.74, 6) is -0.257. The molecule has 0 aliphatic rings. The molecule has 1 atom stereocenters.